The summed E-state index contributed by atoms with van der Waals surface area (Å²) < 4.78 is 10.7. The van der Waals surface area contributed by atoms with Crippen molar-refractivity contribution in [1.82, 2.24) is 10.1 Å². The maximum atomic E-state index is 5.35. The van der Waals surface area contributed by atoms with Crippen LogP contribution < -0.4 is 0 Å². The second-order valence-electron chi connectivity index (χ2n) is 4.29. The Labute approximate surface area is 104 Å². The lowest BCUT2D eigenvalue weighted by Gasteiger charge is -2.02. The van der Waals surface area contributed by atoms with E-state index < -0.39 is 0 Å². The lowest BCUT2D eigenvalue weighted by molar-refractivity contribution is 0.192. The van der Waals surface area contributed by atoms with Gasteiger partial charge in [0.25, 0.3) is 0 Å². The molecule has 4 nitrogen and oxygen atoms in total. The Morgan fingerprint density at radius 1 is 1.53 bits per heavy atom. The summed E-state index contributed by atoms with van der Waals surface area (Å²) in [6.07, 6.45) is 0.992. The highest BCUT2D eigenvalue weighted by Crippen LogP contribution is 2.29. The highest BCUT2D eigenvalue weighted by Gasteiger charge is 2.25. The summed E-state index contributed by atoms with van der Waals surface area (Å²) in [5, 5.41) is 6.13. The predicted octanol–water partition coefficient (Wildman–Crippen LogP) is 2.79. The van der Waals surface area contributed by atoms with Crippen molar-refractivity contribution in [3.8, 4) is 0 Å². The third-order valence-electron chi connectivity index (χ3n) is 3.09. The van der Waals surface area contributed by atoms with E-state index in [0.29, 0.717) is 18.4 Å². The minimum atomic E-state index is 0.179. The molecule has 90 valence electrons. The summed E-state index contributed by atoms with van der Waals surface area (Å²) in [5.41, 5.74) is 0. The van der Waals surface area contributed by atoms with Gasteiger partial charge in [-0.05, 0) is 24.8 Å². The lowest BCUT2D eigenvalue weighted by atomic mass is 10.1. The SMILES string of the molecule is CC(c1nc(C2CCOC2)no1)c1cccs1. The Balaban J connectivity index is 1.80. The van der Waals surface area contributed by atoms with Crippen LogP contribution in [-0.2, 0) is 4.74 Å². The normalized spacial score (nSPS) is 21.8. The van der Waals surface area contributed by atoms with Crippen molar-refractivity contribution in [2.45, 2.75) is 25.2 Å². The molecule has 17 heavy (non-hydrogen) atoms. The first-order chi connectivity index (χ1) is 8.34. The molecule has 1 fully saturated rings. The monoisotopic (exact) mass is 250 g/mol. The van der Waals surface area contributed by atoms with Crippen molar-refractivity contribution < 1.29 is 9.26 Å². The number of thiophene rings is 1. The van der Waals surface area contributed by atoms with Gasteiger partial charge >= 0.3 is 0 Å². The van der Waals surface area contributed by atoms with Gasteiger partial charge in [0.15, 0.2) is 5.82 Å². The second-order valence-corrected chi connectivity index (χ2v) is 5.27. The summed E-state index contributed by atoms with van der Waals surface area (Å²) >= 11 is 1.71. The molecule has 1 aliphatic heterocycles. The van der Waals surface area contributed by atoms with Gasteiger partial charge in [-0.2, -0.15) is 4.98 Å². The van der Waals surface area contributed by atoms with Crippen LogP contribution in [0, 0.1) is 0 Å². The first-order valence-electron chi connectivity index (χ1n) is 5.79. The number of nitrogens with zero attached hydrogens (tertiary/aromatic N) is 2. The van der Waals surface area contributed by atoms with Crippen molar-refractivity contribution in [1.29, 1.82) is 0 Å². The predicted molar refractivity (Wildman–Crippen MR) is 64.3 cm³/mol. The molecule has 0 spiro atoms. The summed E-state index contributed by atoms with van der Waals surface area (Å²) in [4.78, 5) is 5.75. The fourth-order valence-electron chi connectivity index (χ4n) is 1.99. The van der Waals surface area contributed by atoms with Gasteiger partial charge in [-0.1, -0.05) is 11.2 Å². The van der Waals surface area contributed by atoms with Crippen molar-refractivity contribution >= 4 is 11.3 Å². The molecule has 2 aromatic heterocycles. The number of ether oxygens (including phenoxy) is 1. The van der Waals surface area contributed by atoms with E-state index in [0.717, 1.165) is 18.9 Å². The van der Waals surface area contributed by atoms with E-state index in [1.54, 1.807) is 11.3 Å². The molecule has 0 N–H and O–H groups in total. The Bertz CT molecular complexity index is 474. The van der Waals surface area contributed by atoms with Crippen molar-refractivity contribution in [2.24, 2.45) is 0 Å². The summed E-state index contributed by atoms with van der Waals surface area (Å²) in [6, 6.07) is 4.14. The van der Waals surface area contributed by atoms with Crippen LogP contribution in [0.15, 0.2) is 22.0 Å². The van der Waals surface area contributed by atoms with Gasteiger partial charge in [0, 0.05) is 17.4 Å². The van der Waals surface area contributed by atoms with Crippen LogP contribution in [0.4, 0.5) is 0 Å². The molecule has 0 saturated carbocycles. The van der Waals surface area contributed by atoms with E-state index in [1.807, 2.05) is 6.07 Å². The van der Waals surface area contributed by atoms with Crippen LogP contribution in [0.1, 0.15) is 41.8 Å². The molecule has 0 amide bonds. The topological polar surface area (TPSA) is 48.2 Å². The van der Waals surface area contributed by atoms with Gasteiger partial charge in [0.1, 0.15) is 0 Å². The first-order valence-corrected chi connectivity index (χ1v) is 6.67. The minimum Gasteiger partial charge on any atom is -0.381 e. The van der Waals surface area contributed by atoms with E-state index in [1.165, 1.54) is 4.88 Å². The molecule has 1 saturated heterocycles. The van der Waals surface area contributed by atoms with E-state index >= 15 is 0 Å². The average Bonchev–Trinajstić information content (AvgIpc) is 3.09. The van der Waals surface area contributed by atoms with E-state index in [4.69, 9.17) is 9.26 Å². The molecule has 5 heteroatoms. The van der Waals surface area contributed by atoms with E-state index in [-0.39, 0.29) is 5.92 Å². The van der Waals surface area contributed by atoms with Crippen molar-refractivity contribution in [2.75, 3.05) is 13.2 Å². The Kier molecular flexibility index (Phi) is 2.94. The van der Waals surface area contributed by atoms with Gasteiger partial charge in [-0.3, -0.25) is 0 Å². The fraction of sp³-hybridized carbons (Fsp3) is 0.500. The number of hydrogen-bond acceptors (Lipinski definition) is 5. The molecule has 2 atom stereocenters. The van der Waals surface area contributed by atoms with Gasteiger partial charge in [0.05, 0.1) is 12.5 Å². The van der Waals surface area contributed by atoms with Crippen LogP contribution in [0.2, 0.25) is 0 Å². The van der Waals surface area contributed by atoms with Crippen LogP contribution in [0.3, 0.4) is 0 Å². The molecule has 3 rings (SSSR count). The van der Waals surface area contributed by atoms with Crippen LogP contribution in [0.5, 0.6) is 0 Å². The lowest BCUT2D eigenvalue weighted by Crippen LogP contribution is -2.01. The van der Waals surface area contributed by atoms with E-state index in [2.05, 4.69) is 28.5 Å². The Hall–Kier alpha value is -1.20. The highest BCUT2D eigenvalue weighted by molar-refractivity contribution is 7.10. The smallest absolute Gasteiger partial charge is 0.234 e. The van der Waals surface area contributed by atoms with Crippen LogP contribution in [0.25, 0.3) is 0 Å². The summed E-state index contributed by atoms with van der Waals surface area (Å²) in [6.45, 7) is 3.61. The number of hydrogen-bond donors (Lipinski definition) is 0. The van der Waals surface area contributed by atoms with Gasteiger partial charge < -0.3 is 9.26 Å². The molecule has 3 heterocycles. The Morgan fingerprint density at radius 2 is 2.47 bits per heavy atom. The third kappa shape index (κ3) is 2.12. The first kappa shape index (κ1) is 10.9. The molecule has 0 aliphatic carbocycles. The molecule has 0 aromatic carbocycles. The van der Waals surface area contributed by atoms with Gasteiger partial charge in [-0.15, -0.1) is 11.3 Å². The minimum absolute atomic E-state index is 0.179. The average molecular weight is 250 g/mol. The van der Waals surface area contributed by atoms with Gasteiger partial charge in [-0.25, -0.2) is 0 Å². The standard InChI is InChI=1S/C12H14N2O2S/c1-8(10-3-2-6-17-10)12-13-11(14-16-12)9-4-5-15-7-9/h2-3,6,8-9H,4-5,7H2,1H3. The number of aromatic nitrogens is 2. The zero-order valence-electron chi connectivity index (χ0n) is 9.63. The highest BCUT2D eigenvalue weighted by atomic mass is 32.1. The molecular formula is C12H14N2O2S. The molecule has 0 radical (unpaired) electrons. The molecule has 0 bridgehead atoms. The molecule has 2 aromatic rings. The zero-order chi connectivity index (χ0) is 11.7. The second kappa shape index (κ2) is 4.58. The quantitative estimate of drug-likeness (QED) is 0.840. The van der Waals surface area contributed by atoms with Crippen molar-refractivity contribution in [3.05, 3.63) is 34.1 Å². The third-order valence-corrected chi connectivity index (χ3v) is 4.15. The van der Waals surface area contributed by atoms with Crippen molar-refractivity contribution in [3.63, 3.8) is 0 Å². The molecule has 1 aliphatic rings. The molecular weight excluding hydrogens is 236 g/mol. The molecule has 2 unspecified atom stereocenters. The van der Waals surface area contributed by atoms with E-state index in [9.17, 15) is 0 Å². The largest absolute Gasteiger partial charge is 0.381 e. The summed E-state index contributed by atoms with van der Waals surface area (Å²) in [5.74, 6) is 1.98. The maximum absolute atomic E-state index is 5.35. The maximum Gasteiger partial charge on any atom is 0.234 e. The van der Waals surface area contributed by atoms with Gasteiger partial charge in [0.2, 0.25) is 5.89 Å². The number of rotatable bonds is 3. The Morgan fingerprint density at radius 3 is 3.18 bits per heavy atom. The van der Waals surface area contributed by atoms with Crippen LogP contribution in [-0.4, -0.2) is 23.4 Å². The zero-order valence-corrected chi connectivity index (χ0v) is 10.4. The van der Waals surface area contributed by atoms with Crippen LogP contribution >= 0.6 is 11.3 Å². The summed E-state index contributed by atoms with van der Waals surface area (Å²) in [7, 11) is 0. The fourth-order valence-corrected chi connectivity index (χ4v) is 2.76.